The number of carbonyl (C=O) groups excluding carboxylic acids is 1. The number of ether oxygens (including phenoxy) is 2. The van der Waals surface area contributed by atoms with E-state index in [0.29, 0.717) is 36.4 Å². The fourth-order valence-electron chi connectivity index (χ4n) is 11.7. The number of amides is 1. The largest absolute Gasteiger partial charge is 0.508 e. The van der Waals surface area contributed by atoms with Crippen molar-refractivity contribution in [2.24, 2.45) is 17.8 Å². The Balaban J connectivity index is 1.08. The molecule has 1 N–H and O–H groups in total. The van der Waals surface area contributed by atoms with Crippen molar-refractivity contribution in [1.29, 1.82) is 0 Å². The maximum atomic E-state index is 14.9. The van der Waals surface area contributed by atoms with E-state index in [4.69, 9.17) is 9.47 Å². The van der Waals surface area contributed by atoms with Gasteiger partial charge in [0.05, 0.1) is 13.2 Å². The van der Waals surface area contributed by atoms with Crippen molar-refractivity contribution in [3.05, 3.63) is 89.0 Å². The van der Waals surface area contributed by atoms with Crippen LogP contribution in [0.1, 0.15) is 118 Å². The van der Waals surface area contributed by atoms with Gasteiger partial charge in [-0.2, -0.15) is 0 Å². The highest BCUT2D eigenvalue weighted by molar-refractivity contribution is 5.77. The predicted octanol–water partition coefficient (Wildman–Crippen LogP) is 9.02. The second-order valence-electron chi connectivity index (χ2n) is 17.2. The van der Waals surface area contributed by atoms with Crippen LogP contribution in [0.2, 0.25) is 0 Å². The third-order valence-corrected chi connectivity index (χ3v) is 14.4. The minimum atomic E-state index is -0.239. The molecular weight excluding hydrogens is 645 g/mol. The molecule has 6 aliphatic rings. The van der Waals surface area contributed by atoms with E-state index >= 15 is 0 Å². The minimum absolute atomic E-state index is 0.0567. The molecule has 2 bridgehead atoms. The topological polar surface area (TPSA) is 62.2 Å². The zero-order chi connectivity index (χ0) is 35.2. The highest BCUT2D eigenvalue weighted by atomic mass is 16.5. The fraction of sp³-hybridized carbons (Fsp3) is 0.587. The van der Waals surface area contributed by atoms with Crippen LogP contribution < -0.4 is 9.47 Å². The number of nitrogens with zero attached hydrogens (tertiary/aromatic N) is 2. The third kappa shape index (κ3) is 6.11. The summed E-state index contributed by atoms with van der Waals surface area (Å²) in [4.78, 5) is 20.0. The Morgan fingerprint density at radius 3 is 2.37 bits per heavy atom. The Morgan fingerprint density at radius 2 is 1.67 bits per heavy atom. The van der Waals surface area contributed by atoms with Crippen LogP contribution in [-0.4, -0.2) is 65.7 Å². The lowest BCUT2D eigenvalue weighted by Gasteiger charge is -2.60. The maximum absolute atomic E-state index is 14.9. The average molecular weight is 703 g/mol. The minimum Gasteiger partial charge on any atom is -0.508 e. The van der Waals surface area contributed by atoms with Gasteiger partial charge >= 0.3 is 0 Å². The van der Waals surface area contributed by atoms with Crippen LogP contribution >= 0.6 is 0 Å². The van der Waals surface area contributed by atoms with Gasteiger partial charge in [0.15, 0.2) is 11.5 Å². The number of aromatic hydroxyl groups is 1. The molecule has 5 atom stereocenters. The lowest BCUT2D eigenvalue weighted by molar-refractivity contribution is -0.143. The number of rotatable bonds is 13. The van der Waals surface area contributed by atoms with Crippen LogP contribution in [0.15, 0.2) is 66.7 Å². The third-order valence-electron chi connectivity index (χ3n) is 14.4. The molecule has 0 radical (unpaired) electrons. The van der Waals surface area contributed by atoms with Crippen LogP contribution in [0.5, 0.6) is 17.2 Å². The van der Waals surface area contributed by atoms with Crippen LogP contribution in [0.4, 0.5) is 0 Å². The summed E-state index contributed by atoms with van der Waals surface area (Å²) in [5.41, 5.74) is 4.51. The molecule has 0 unspecified atom stereocenters. The Morgan fingerprint density at radius 1 is 0.942 bits per heavy atom. The average Bonchev–Trinajstić information content (AvgIpc) is 3.94. The van der Waals surface area contributed by atoms with Gasteiger partial charge in [0, 0.05) is 54.1 Å². The molecule has 0 aromatic heterocycles. The first-order chi connectivity index (χ1) is 25.5. The lowest BCUT2D eigenvalue weighted by Crippen LogP contribution is -2.69. The number of phenolic OH excluding ortho intramolecular Hbond substituents is 1. The highest BCUT2D eigenvalue weighted by Gasteiger charge is 2.67. The molecule has 276 valence electrons. The van der Waals surface area contributed by atoms with Crippen molar-refractivity contribution in [1.82, 2.24) is 9.80 Å². The number of hydrogen-bond donors (Lipinski definition) is 1. The molecular formula is C46H58N2O4. The molecule has 3 aromatic rings. The van der Waals surface area contributed by atoms with E-state index in [2.05, 4.69) is 70.5 Å². The van der Waals surface area contributed by atoms with Crippen LogP contribution in [0.3, 0.4) is 0 Å². The zero-order valence-electron chi connectivity index (χ0n) is 31.2. The first-order valence-electron chi connectivity index (χ1n) is 20.8. The van der Waals surface area contributed by atoms with Crippen molar-refractivity contribution in [3.8, 4) is 17.2 Å². The smallest absolute Gasteiger partial charge is 0.222 e. The Bertz CT molecular complexity index is 1680. The maximum Gasteiger partial charge on any atom is 0.222 e. The van der Waals surface area contributed by atoms with Gasteiger partial charge < -0.3 is 19.5 Å². The van der Waals surface area contributed by atoms with Gasteiger partial charge in [-0.3, -0.25) is 9.69 Å². The highest BCUT2D eigenvalue weighted by Crippen LogP contribution is 2.66. The summed E-state index contributed by atoms with van der Waals surface area (Å²) in [6.07, 6.45) is 17.2. The molecule has 1 spiro atoms. The molecule has 9 rings (SSSR count). The van der Waals surface area contributed by atoms with Crippen molar-refractivity contribution >= 4 is 5.91 Å². The van der Waals surface area contributed by atoms with E-state index in [-0.39, 0.29) is 29.4 Å². The zero-order valence-corrected chi connectivity index (χ0v) is 31.2. The van der Waals surface area contributed by atoms with Gasteiger partial charge in [-0.15, -0.1) is 0 Å². The number of benzene rings is 3. The SMILES string of the molecule is COc1cc(O)c2c3c1O[C@H]1[C@@H](N(CC(c4ccccc4)c4ccccc4)C(=O)CCCCC4CCCCC4)CC[C@H]4[C@@H](C2)N(CC2CC2)CC[C@@]341. The molecule has 1 amide bonds. The molecule has 4 fully saturated rings. The number of methoxy groups -OCH3 is 1. The number of carbonyl (C=O) groups is 1. The summed E-state index contributed by atoms with van der Waals surface area (Å²) in [6.45, 7) is 2.85. The molecule has 4 aliphatic carbocycles. The predicted molar refractivity (Wildman–Crippen MR) is 205 cm³/mol. The van der Waals surface area contributed by atoms with Crippen molar-refractivity contribution in [2.75, 3.05) is 26.7 Å². The molecule has 3 saturated carbocycles. The Labute approximate surface area is 310 Å². The van der Waals surface area contributed by atoms with Crippen LogP contribution in [0.25, 0.3) is 0 Å². The number of piperidine rings is 1. The summed E-state index contributed by atoms with van der Waals surface area (Å²) >= 11 is 0. The van der Waals surface area contributed by atoms with E-state index in [0.717, 1.165) is 68.2 Å². The first kappa shape index (κ1) is 34.3. The monoisotopic (exact) mass is 702 g/mol. The Hall–Kier alpha value is -3.51. The molecule has 2 heterocycles. The quantitative estimate of drug-likeness (QED) is 0.180. The normalized spacial score (nSPS) is 28.0. The van der Waals surface area contributed by atoms with Crippen molar-refractivity contribution in [2.45, 2.75) is 126 Å². The summed E-state index contributed by atoms with van der Waals surface area (Å²) in [5.74, 6) is 4.23. The molecule has 52 heavy (non-hydrogen) atoms. The van der Waals surface area contributed by atoms with Gasteiger partial charge in [-0.25, -0.2) is 0 Å². The van der Waals surface area contributed by atoms with E-state index < -0.39 is 0 Å². The van der Waals surface area contributed by atoms with Crippen molar-refractivity contribution in [3.63, 3.8) is 0 Å². The van der Waals surface area contributed by atoms with Gasteiger partial charge in [-0.1, -0.05) is 106 Å². The fourth-order valence-corrected chi connectivity index (χ4v) is 11.7. The summed E-state index contributed by atoms with van der Waals surface area (Å²) in [7, 11) is 1.69. The standard InChI is InChI=1S/C46H58N2O4/c1-51-41-28-40(49)35-27-39-37-23-24-38(45-46(37,43(35)44(41)52-45)25-26-47(39)29-32-21-22-32)48(42(50)20-12-11-15-31-13-5-2-6-14-31)30-36(33-16-7-3-8-17-33)34-18-9-4-10-19-34/h3-4,7-10,16-19,28,31-32,36-39,45,49H,2,5-6,11-15,20-27,29-30H2,1H3/t37-,38-,39+,45-,46-/m0/s1. The molecule has 6 nitrogen and oxygen atoms in total. The van der Waals surface area contributed by atoms with E-state index in [9.17, 15) is 9.90 Å². The second-order valence-corrected chi connectivity index (χ2v) is 17.2. The van der Waals surface area contributed by atoms with E-state index in [1.807, 2.05) is 0 Å². The first-order valence-corrected chi connectivity index (χ1v) is 20.8. The summed E-state index contributed by atoms with van der Waals surface area (Å²) < 4.78 is 13.2. The second kappa shape index (κ2) is 14.4. The molecule has 1 saturated heterocycles. The summed E-state index contributed by atoms with van der Waals surface area (Å²) in [5, 5.41) is 11.6. The van der Waals surface area contributed by atoms with Crippen LogP contribution in [-0.2, 0) is 16.6 Å². The number of hydrogen-bond acceptors (Lipinski definition) is 5. The van der Waals surface area contributed by atoms with Gasteiger partial charge in [0.2, 0.25) is 5.91 Å². The molecule has 6 heteroatoms. The van der Waals surface area contributed by atoms with Gasteiger partial charge in [-0.05, 0) is 80.4 Å². The lowest BCUT2D eigenvalue weighted by atomic mass is 9.50. The molecule has 2 aliphatic heterocycles. The van der Waals surface area contributed by atoms with Gasteiger partial charge in [0.1, 0.15) is 11.9 Å². The molecule has 3 aromatic carbocycles. The number of likely N-dealkylation sites (tertiary alicyclic amines) is 1. The number of phenols is 1. The van der Waals surface area contributed by atoms with Crippen molar-refractivity contribution < 1.29 is 19.4 Å². The van der Waals surface area contributed by atoms with E-state index in [1.54, 1.807) is 13.2 Å². The van der Waals surface area contributed by atoms with Crippen LogP contribution in [0, 0.1) is 17.8 Å². The number of unbranched alkanes of at least 4 members (excludes halogenated alkanes) is 1. The van der Waals surface area contributed by atoms with E-state index in [1.165, 1.54) is 74.6 Å². The summed E-state index contributed by atoms with van der Waals surface area (Å²) in [6, 6.07) is 23.7. The Kier molecular flexibility index (Phi) is 9.48. The van der Waals surface area contributed by atoms with Gasteiger partial charge in [0.25, 0.3) is 0 Å².